The maximum absolute atomic E-state index is 12.4. The van der Waals surface area contributed by atoms with Crippen LogP contribution in [-0.4, -0.2) is 47.4 Å². The summed E-state index contributed by atoms with van der Waals surface area (Å²) in [5, 5.41) is 23.1. The minimum absolute atomic E-state index is 0.0173. The molecule has 0 aliphatic heterocycles. The third kappa shape index (κ3) is 57.5. The van der Waals surface area contributed by atoms with Crippen molar-refractivity contribution >= 4 is 11.9 Å². The Morgan fingerprint density at radius 2 is 0.662 bits per heavy atom. The van der Waals surface area contributed by atoms with Gasteiger partial charge in [-0.2, -0.15) is 0 Å². The van der Waals surface area contributed by atoms with Crippen LogP contribution >= 0.6 is 0 Å². The van der Waals surface area contributed by atoms with E-state index in [-0.39, 0.29) is 18.5 Å². The highest BCUT2D eigenvalue weighted by atomic mass is 16.5. The molecule has 0 aromatic rings. The van der Waals surface area contributed by atoms with Gasteiger partial charge in [0.05, 0.1) is 25.4 Å². The fraction of sp³-hybridized carbons (Fsp3) is 0.908. The van der Waals surface area contributed by atoms with Crippen LogP contribution in [0.15, 0.2) is 24.3 Å². The highest BCUT2D eigenvalue weighted by Crippen LogP contribution is 2.18. The Morgan fingerprint density at radius 1 is 0.380 bits per heavy atom. The number of aliphatic hydroxyl groups excluding tert-OH is 2. The van der Waals surface area contributed by atoms with Gasteiger partial charge in [0.25, 0.3) is 0 Å². The molecule has 0 fully saturated rings. The molecule has 71 heavy (non-hydrogen) atoms. The first-order chi connectivity index (χ1) is 35.0. The summed E-state index contributed by atoms with van der Waals surface area (Å²) in [6.07, 6.45) is 75.2. The highest BCUT2D eigenvalue weighted by Gasteiger charge is 2.18. The second-order valence-corrected chi connectivity index (χ2v) is 22.1. The van der Waals surface area contributed by atoms with Gasteiger partial charge in [-0.3, -0.25) is 9.59 Å². The number of ether oxygens (including phenoxy) is 1. The van der Waals surface area contributed by atoms with Gasteiger partial charge < -0.3 is 20.3 Å². The van der Waals surface area contributed by atoms with Gasteiger partial charge in [-0.15, -0.1) is 0 Å². The zero-order chi connectivity index (χ0) is 51.4. The molecule has 6 nitrogen and oxygen atoms in total. The zero-order valence-corrected chi connectivity index (χ0v) is 48.0. The average Bonchev–Trinajstić information content (AvgIpc) is 3.37. The number of rotatable bonds is 60. The summed E-state index contributed by atoms with van der Waals surface area (Å²) < 4.78 is 5.48. The molecule has 3 N–H and O–H groups in total. The Balaban J connectivity index is 3.38. The molecule has 0 spiro atoms. The fourth-order valence-corrected chi connectivity index (χ4v) is 10.0. The maximum atomic E-state index is 12.4. The van der Waals surface area contributed by atoms with E-state index >= 15 is 0 Å². The third-order valence-electron chi connectivity index (χ3n) is 15.0. The monoisotopic (exact) mass is 1000 g/mol. The Bertz CT molecular complexity index is 1110. The van der Waals surface area contributed by atoms with Crippen molar-refractivity contribution in [2.75, 3.05) is 13.2 Å². The summed E-state index contributed by atoms with van der Waals surface area (Å²) >= 11 is 0. The first-order valence-electron chi connectivity index (χ1n) is 32.1. The van der Waals surface area contributed by atoms with Crippen LogP contribution in [0.4, 0.5) is 0 Å². The summed E-state index contributed by atoms with van der Waals surface area (Å²) in [4.78, 5) is 24.5. The number of hydrogen-bond acceptors (Lipinski definition) is 5. The molecule has 0 saturated heterocycles. The van der Waals surface area contributed by atoms with Gasteiger partial charge in [0.1, 0.15) is 0 Å². The van der Waals surface area contributed by atoms with Gasteiger partial charge in [-0.05, 0) is 57.8 Å². The van der Waals surface area contributed by atoms with E-state index < -0.39 is 12.1 Å². The lowest BCUT2D eigenvalue weighted by atomic mass is 10.0. The Hall–Kier alpha value is -1.66. The topological polar surface area (TPSA) is 95.9 Å². The van der Waals surface area contributed by atoms with E-state index in [1.807, 2.05) is 6.08 Å². The Kier molecular flexibility index (Phi) is 59.5. The van der Waals surface area contributed by atoms with Crippen LogP contribution in [0.25, 0.3) is 0 Å². The van der Waals surface area contributed by atoms with Gasteiger partial charge in [-0.25, -0.2) is 0 Å². The van der Waals surface area contributed by atoms with Crippen molar-refractivity contribution in [2.45, 2.75) is 366 Å². The van der Waals surface area contributed by atoms with Crippen molar-refractivity contribution in [3.8, 4) is 0 Å². The molecular weight excluding hydrogens is 875 g/mol. The number of allylic oxidation sites excluding steroid dienone is 3. The fourth-order valence-electron chi connectivity index (χ4n) is 10.0. The van der Waals surface area contributed by atoms with Gasteiger partial charge in [0, 0.05) is 12.8 Å². The molecule has 0 aliphatic carbocycles. The minimum Gasteiger partial charge on any atom is -0.466 e. The van der Waals surface area contributed by atoms with E-state index in [0.717, 1.165) is 38.5 Å². The second-order valence-electron chi connectivity index (χ2n) is 22.1. The second kappa shape index (κ2) is 60.9. The maximum Gasteiger partial charge on any atom is 0.305 e. The predicted molar refractivity (Wildman–Crippen MR) is 310 cm³/mol. The number of hydrogen-bond donors (Lipinski definition) is 3. The SMILES string of the molecule is CCCCCCCCCCCCC/C=C/C(O)C(CO)NC(=O)CCCCCCCCCCCCCC/C=C\CCCCCCCCCCCCCCOC(=O)CCCCCCCCCCCCCCC. The minimum atomic E-state index is -0.843. The van der Waals surface area contributed by atoms with Gasteiger partial charge in [0.15, 0.2) is 0 Å². The van der Waals surface area contributed by atoms with Crippen LogP contribution < -0.4 is 5.32 Å². The summed E-state index contributed by atoms with van der Waals surface area (Å²) in [6.45, 7) is 4.92. The number of carbonyl (C=O) groups is 2. The van der Waals surface area contributed by atoms with Crippen molar-refractivity contribution < 1.29 is 24.5 Å². The van der Waals surface area contributed by atoms with Crippen LogP contribution in [-0.2, 0) is 14.3 Å². The van der Waals surface area contributed by atoms with Crippen molar-refractivity contribution in [3.63, 3.8) is 0 Å². The highest BCUT2D eigenvalue weighted by molar-refractivity contribution is 5.76. The lowest BCUT2D eigenvalue weighted by molar-refractivity contribution is -0.143. The summed E-state index contributed by atoms with van der Waals surface area (Å²) in [6, 6.07) is -0.626. The summed E-state index contributed by atoms with van der Waals surface area (Å²) in [7, 11) is 0. The number of nitrogens with one attached hydrogen (secondary N) is 1. The van der Waals surface area contributed by atoms with E-state index in [1.54, 1.807) is 6.08 Å². The lowest BCUT2D eigenvalue weighted by Gasteiger charge is -2.20. The molecule has 0 aromatic heterocycles. The van der Waals surface area contributed by atoms with Gasteiger partial charge >= 0.3 is 5.97 Å². The number of unbranched alkanes of at least 4 members (excludes halogenated alkanes) is 47. The molecule has 6 heteroatoms. The molecule has 1 amide bonds. The van der Waals surface area contributed by atoms with E-state index in [2.05, 4.69) is 31.3 Å². The molecular formula is C65H125NO5. The largest absolute Gasteiger partial charge is 0.466 e. The predicted octanol–water partition coefficient (Wildman–Crippen LogP) is 20.2. The molecule has 420 valence electrons. The number of carbonyl (C=O) groups excluding carboxylic acids is 2. The molecule has 0 saturated carbocycles. The van der Waals surface area contributed by atoms with Crippen LogP contribution in [0.5, 0.6) is 0 Å². The molecule has 0 bridgehead atoms. The number of amides is 1. The van der Waals surface area contributed by atoms with E-state index in [9.17, 15) is 19.8 Å². The number of esters is 1. The van der Waals surface area contributed by atoms with E-state index in [4.69, 9.17) is 4.74 Å². The molecule has 2 unspecified atom stereocenters. The molecule has 2 atom stereocenters. The Morgan fingerprint density at radius 3 is 1.00 bits per heavy atom. The third-order valence-corrected chi connectivity index (χ3v) is 15.0. The molecule has 0 heterocycles. The zero-order valence-electron chi connectivity index (χ0n) is 48.0. The van der Waals surface area contributed by atoms with Gasteiger partial charge in [0.2, 0.25) is 5.91 Å². The number of aliphatic hydroxyl groups is 2. The van der Waals surface area contributed by atoms with Crippen LogP contribution in [0.1, 0.15) is 354 Å². The van der Waals surface area contributed by atoms with Gasteiger partial charge in [-0.1, -0.05) is 308 Å². The molecule has 0 aliphatic rings. The van der Waals surface area contributed by atoms with Crippen LogP contribution in [0.3, 0.4) is 0 Å². The normalized spacial score (nSPS) is 12.7. The smallest absolute Gasteiger partial charge is 0.305 e. The summed E-state index contributed by atoms with van der Waals surface area (Å²) in [5.41, 5.74) is 0. The van der Waals surface area contributed by atoms with Crippen LogP contribution in [0, 0.1) is 0 Å². The van der Waals surface area contributed by atoms with Crippen molar-refractivity contribution in [1.29, 1.82) is 0 Å². The molecule has 0 rings (SSSR count). The standard InChI is InChI=1S/C65H125NO5/c1-3-5-7-9-11-13-15-33-37-41-45-49-53-57-63(68)62(61-67)66-64(69)58-54-50-46-42-38-35-31-29-27-25-23-21-19-17-18-20-22-24-26-28-30-32-36-40-44-48-52-56-60-71-65(70)59-55-51-47-43-39-34-16-14-12-10-8-6-4-2/h17-18,53,57,62-63,67-68H,3-16,19-52,54-56,58-61H2,1-2H3,(H,66,69)/b18-17-,57-53+. The molecule has 0 aromatic carbocycles. The Labute approximate surface area is 443 Å². The first kappa shape index (κ1) is 69.3. The van der Waals surface area contributed by atoms with Crippen molar-refractivity contribution in [2.24, 2.45) is 0 Å². The average molecular weight is 1000 g/mol. The van der Waals surface area contributed by atoms with E-state index in [0.29, 0.717) is 19.4 Å². The quantitative estimate of drug-likeness (QED) is 0.0320. The van der Waals surface area contributed by atoms with Crippen molar-refractivity contribution in [1.82, 2.24) is 5.32 Å². The lowest BCUT2D eigenvalue weighted by Crippen LogP contribution is -2.45. The molecule has 0 radical (unpaired) electrons. The van der Waals surface area contributed by atoms with E-state index in [1.165, 1.54) is 289 Å². The van der Waals surface area contributed by atoms with Crippen LogP contribution in [0.2, 0.25) is 0 Å². The van der Waals surface area contributed by atoms with Crippen molar-refractivity contribution in [3.05, 3.63) is 24.3 Å². The summed E-state index contributed by atoms with van der Waals surface area (Å²) in [5.74, 6) is -0.0496. The first-order valence-corrected chi connectivity index (χ1v) is 32.1.